The molecule has 6 heteroatoms. The molecule has 0 amide bonds. The zero-order valence-electron chi connectivity index (χ0n) is 12.9. The molecule has 24 heavy (non-hydrogen) atoms. The van der Waals surface area contributed by atoms with Crippen LogP contribution in [0.15, 0.2) is 59.5 Å². The molecule has 0 bridgehead atoms. The number of anilines is 1. The Hall–Kier alpha value is -2.79. The third-order valence-corrected chi connectivity index (χ3v) is 4.15. The van der Waals surface area contributed by atoms with E-state index in [1.54, 1.807) is 54.7 Å². The fourth-order valence-electron chi connectivity index (χ4n) is 2.69. The average Bonchev–Trinajstić information content (AvgIpc) is 2.59. The van der Waals surface area contributed by atoms with Crippen molar-refractivity contribution in [3.05, 3.63) is 75.7 Å². The second-order valence-corrected chi connectivity index (χ2v) is 5.75. The number of pyridine rings is 1. The number of nitrogen functional groups attached to an aromatic ring is 1. The number of esters is 1. The number of methoxy groups -OCH3 is 1. The van der Waals surface area contributed by atoms with E-state index in [9.17, 15) is 9.59 Å². The van der Waals surface area contributed by atoms with Gasteiger partial charge in [0.1, 0.15) is 0 Å². The zero-order chi connectivity index (χ0) is 17.3. The highest BCUT2D eigenvalue weighted by molar-refractivity contribution is 6.30. The minimum atomic E-state index is -0.898. The Morgan fingerprint density at radius 3 is 2.50 bits per heavy atom. The molecule has 2 aromatic carbocycles. The Bertz CT molecular complexity index is 964. The van der Waals surface area contributed by atoms with E-state index in [0.717, 1.165) is 0 Å². The van der Waals surface area contributed by atoms with Gasteiger partial charge in [0.2, 0.25) is 0 Å². The van der Waals surface area contributed by atoms with Gasteiger partial charge in [-0.1, -0.05) is 29.8 Å². The quantitative estimate of drug-likeness (QED) is 0.586. The summed E-state index contributed by atoms with van der Waals surface area (Å²) in [5.41, 5.74) is 6.72. The standard InChI is InChI=1S/C18H15ClN2O3/c1-24-18(23)16(11-5-7-12(19)8-6-11)21-10-9-13-14(17(21)22)3-2-4-15(13)20/h2-10,16H,20H2,1H3. The molecule has 0 saturated carbocycles. The highest BCUT2D eigenvalue weighted by Crippen LogP contribution is 2.23. The first-order chi connectivity index (χ1) is 11.5. The molecule has 0 saturated heterocycles. The van der Waals surface area contributed by atoms with Gasteiger partial charge < -0.3 is 10.5 Å². The highest BCUT2D eigenvalue weighted by Gasteiger charge is 2.25. The van der Waals surface area contributed by atoms with Crippen LogP contribution in [0, 0.1) is 0 Å². The fraction of sp³-hybridized carbons (Fsp3) is 0.111. The number of benzene rings is 2. The summed E-state index contributed by atoms with van der Waals surface area (Å²) in [5.74, 6) is -0.539. The molecule has 1 atom stereocenters. The van der Waals surface area contributed by atoms with Crippen LogP contribution in [0.25, 0.3) is 10.8 Å². The molecule has 1 heterocycles. The maximum Gasteiger partial charge on any atom is 0.333 e. The predicted octanol–water partition coefficient (Wildman–Crippen LogP) is 3.00. The van der Waals surface area contributed by atoms with Gasteiger partial charge in [-0.2, -0.15) is 0 Å². The molecule has 0 aliphatic heterocycles. The minimum Gasteiger partial charge on any atom is -0.467 e. The number of rotatable bonds is 3. The lowest BCUT2D eigenvalue weighted by Crippen LogP contribution is -2.31. The van der Waals surface area contributed by atoms with Gasteiger partial charge >= 0.3 is 5.97 Å². The maximum atomic E-state index is 12.9. The second kappa shape index (κ2) is 6.37. The van der Waals surface area contributed by atoms with Crippen molar-refractivity contribution in [2.45, 2.75) is 6.04 Å². The Labute approximate surface area is 143 Å². The Kier molecular flexibility index (Phi) is 4.27. The molecule has 3 rings (SSSR count). The fourth-order valence-corrected chi connectivity index (χ4v) is 2.81. The molecule has 0 aliphatic carbocycles. The van der Waals surface area contributed by atoms with Crippen molar-refractivity contribution in [1.82, 2.24) is 4.57 Å². The first-order valence-corrected chi connectivity index (χ1v) is 7.63. The number of carbonyl (C=O) groups excluding carboxylic acids is 1. The average molecular weight is 343 g/mol. The van der Waals surface area contributed by atoms with E-state index in [1.807, 2.05) is 0 Å². The van der Waals surface area contributed by atoms with Crippen LogP contribution in [0.3, 0.4) is 0 Å². The van der Waals surface area contributed by atoms with E-state index >= 15 is 0 Å². The summed E-state index contributed by atoms with van der Waals surface area (Å²) >= 11 is 5.90. The van der Waals surface area contributed by atoms with Crippen molar-refractivity contribution >= 4 is 34.0 Å². The number of aromatic nitrogens is 1. The molecule has 3 aromatic rings. The molecular formula is C18H15ClN2O3. The summed E-state index contributed by atoms with van der Waals surface area (Å²) in [6.07, 6.45) is 1.55. The van der Waals surface area contributed by atoms with E-state index in [1.165, 1.54) is 11.7 Å². The topological polar surface area (TPSA) is 74.3 Å². The zero-order valence-corrected chi connectivity index (χ0v) is 13.7. The van der Waals surface area contributed by atoms with Crippen molar-refractivity contribution in [3.63, 3.8) is 0 Å². The molecule has 0 fully saturated rings. The summed E-state index contributed by atoms with van der Waals surface area (Å²) in [6, 6.07) is 12.7. The summed E-state index contributed by atoms with van der Waals surface area (Å²) in [4.78, 5) is 25.2. The van der Waals surface area contributed by atoms with Crippen LogP contribution in [0.1, 0.15) is 11.6 Å². The van der Waals surface area contributed by atoms with Crippen LogP contribution >= 0.6 is 11.6 Å². The van der Waals surface area contributed by atoms with Crippen molar-refractivity contribution in [1.29, 1.82) is 0 Å². The van der Waals surface area contributed by atoms with Crippen LogP contribution in [0.5, 0.6) is 0 Å². The van der Waals surface area contributed by atoms with Gasteiger partial charge in [0.25, 0.3) is 5.56 Å². The van der Waals surface area contributed by atoms with Gasteiger partial charge in [-0.25, -0.2) is 4.79 Å². The molecular weight excluding hydrogens is 328 g/mol. The number of hydrogen-bond acceptors (Lipinski definition) is 4. The predicted molar refractivity (Wildman–Crippen MR) is 94.2 cm³/mol. The first kappa shape index (κ1) is 16.1. The minimum absolute atomic E-state index is 0.315. The SMILES string of the molecule is COC(=O)C(c1ccc(Cl)cc1)n1ccc2c(N)cccc2c1=O. The van der Waals surface area contributed by atoms with Crippen molar-refractivity contribution in [2.24, 2.45) is 0 Å². The molecule has 1 unspecified atom stereocenters. The van der Waals surface area contributed by atoms with Gasteiger partial charge in [-0.05, 0) is 35.9 Å². The second-order valence-electron chi connectivity index (χ2n) is 5.31. The van der Waals surface area contributed by atoms with Crippen LogP contribution < -0.4 is 11.3 Å². The monoisotopic (exact) mass is 342 g/mol. The summed E-state index contributed by atoms with van der Waals surface area (Å²) < 4.78 is 6.23. The number of halogens is 1. The molecule has 2 N–H and O–H groups in total. The molecule has 0 radical (unpaired) electrons. The van der Waals surface area contributed by atoms with Gasteiger partial charge in [0.15, 0.2) is 6.04 Å². The first-order valence-electron chi connectivity index (χ1n) is 7.25. The summed E-state index contributed by atoms with van der Waals surface area (Å²) in [7, 11) is 1.29. The molecule has 122 valence electrons. The van der Waals surface area contributed by atoms with Crippen molar-refractivity contribution in [2.75, 3.05) is 12.8 Å². The lowest BCUT2D eigenvalue weighted by atomic mass is 10.1. The van der Waals surface area contributed by atoms with Gasteiger partial charge in [0.05, 0.1) is 7.11 Å². The maximum absolute atomic E-state index is 12.9. The van der Waals surface area contributed by atoms with E-state index in [2.05, 4.69) is 0 Å². The number of nitrogens with zero attached hydrogens (tertiary/aromatic N) is 1. The Balaban J connectivity index is 2.24. The number of nitrogens with two attached hydrogens (primary N) is 1. The number of hydrogen-bond donors (Lipinski definition) is 1. The van der Waals surface area contributed by atoms with E-state index in [0.29, 0.717) is 27.0 Å². The third-order valence-electron chi connectivity index (χ3n) is 3.89. The molecule has 5 nitrogen and oxygen atoms in total. The van der Waals surface area contributed by atoms with Gasteiger partial charge in [-0.3, -0.25) is 9.36 Å². The number of fused-ring (bicyclic) bond motifs is 1. The smallest absolute Gasteiger partial charge is 0.333 e. The van der Waals surface area contributed by atoms with Crippen molar-refractivity contribution in [3.8, 4) is 0 Å². The van der Waals surface area contributed by atoms with E-state index in [-0.39, 0.29) is 5.56 Å². The summed E-state index contributed by atoms with van der Waals surface area (Å²) in [6.45, 7) is 0. The normalized spacial score (nSPS) is 12.1. The van der Waals surface area contributed by atoms with Gasteiger partial charge in [-0.15, -0.1) is 0 Å². The Morgan fingerprint density at radius 2 is 1.83 bits per heavy atom. The Morgan fingerprint density at radius 1 is 1.12 bits per heavy atom. The lowest BCUT2D eigenvalue weighted by Gasteiger charge is -2.19. The van der Waals surface area contributed by atoms with Crippen molar-refractivity contribution < 1.29 is 9.53 Å². The van der Waals surface area contributed by atoms with Gasteiger partial charge in [0, 0.05) is 27.7 Å². The molecule has 1 aromatic heterocycles. The van der Waals surface area contributed by atoms with E-state index in [4.69, 9.17) is 22.1 Å². The van der Waals surface area contributed by atoms with E-state index < -0.39 is 12.0 Å². The molecule has 0 aliphatic rings. The molecule has 0 spiro atoms. The number of ether oxygens (including phenoxy) is 1. The lowest BCUT2D eigenvalue weighted by molar-refractivity contribution is -0.143. The largest absolute Gasteiger partial charge is 0.467 e. The van der Waals surface area contributed by atoms with Crippen LogP contribution in [0.2, 0.25) is 5.02 Å². The van der Waals surface area contributed by atoms with Crippen LogP contribution in [-0.2, 0) is 9.53 Å². The third kappa shape index (κ3) is 2.74. The van der Waals surface area contributed by atoms with Crippen LogP contribution in [-0.4, -0.2) is 17.6 Å². The summed E-state index contributed by atoms with van der Waals surface area (Å²) in [5, 5.41) is 1.64. The highest BCUT2D eigenvalue weighted by atomic mass is 35.5. The van der Waals surface area contributed by atoms with Crippen LogP contribution in [0.4, 0.5) is 5.69 Å². The number of carbonyl (C=O) groups is 1.